The summed E-state index contributed by atoms with van der Waals surface area (Å²) in [6, 6.07) is 6.97. The molecule has 2 aromatic rings. The van der Waals surface area contributed by atoms with Crippen molar-refractivity contribution in [1.82, 2.24) is 14.8 Å². The molecule has 1 atom stereocenters. The molecule has 4 aliphatic rings. The summed E-state index contributed by atoms with van der Waals surface area (Å²) in [4.78, 5) is 29.8. The molecule has 146 valence electrons. The summed E-state index contributed by atoms with van der Waals surface area (Å²) < 4.78 is 7.21. The van der Waals surface area contributed by atoms with E-state index in [4.69, 9.17) is 4.74 Å². The third kappa shape index (κ3) is 2.95. The first kappa shape index (κ1) is 17.6. The molecule has 0 amide bonds. The van der Waals surface area contributed by atoms with Crippen LogP contribution < -0.4 is 0 Å². The van der Waals surface area contributed by atoms with Gasteiger partial charge in [0.05, 0.1) is 11.3 Å². The lowest BCUT2D eigenvalue weighted by atomic mass is 9.48. The SMILES string of the molecule is C[C@@H](OC(=O)c1ccc(-n2cncn2)cc1)C(=O)C12CC3CC(CC(C3)C1)C2. The first-order chi connectivity index (χ1) is 13.5. The molecular weight excluding hydrogens is 354 g/mol. The lowest BCUT2D eigenvalue weighted by Crippen LogP contribution is -2.52. The fraction of sp³-hybridized carbons (Fsp3) is 0.545. The van der Waals surface area contributed by atoms with Crippen LogP contribution in [0.5, 0.6) is 0 Å². The number of carbonyl (C=O) groups excluding carboxylic acids is 2. The molecule has 0 unspecified atom stereocenters. The van der Waals surface area contributed by atoms with Crippen molar-refractivity contribution in [3.05, 3.63) is 42.5 Å². The Hall–Kier alpha value is -2.50. The van der Waals surface area contributed by atoms with E-state index in [2.05, 4.69) is 10.1 Å². The van der Waals surface area contributed by atoms with Gasteiger partial charge in [-0.25, -0.2) is 14.5 Å². The van der Waals surface area contributed by atoms with Gasteiger partial charge in [0.1, 0.15) is 12.7 Å². The van der Waals surface area contributed by atoms with Gasteiger partial charge in [-0.3, -0.25) is 4.79 Å². The minimum absolute atomic E-state index is 0.138. The van der Waals surface area contributed by atoms with E-state index in [1.165, 1.54) is 25.6 Å². The van der Waals surface area contributed by atoms with Gasteiger partial charge in [0, 0.05) is 5.41 Å². The highest BCUT2D eigenvalue weighted by molar-refractivity contribution is 5.94. The Labute approximate surface area is 164 Å². The van der Waals surface area contributed by atoms with Gasteiger partial charge in [0.2, 0.25) is 0 Å². The van der Waals surface area contributed by atoms with E-state index in [0.717, 1.165) is 24.9 Å². The molecule has 0 N–H and O–H groups in total. The maximum Gasteiger partial charge on any atom is 0.338 e. The van der Waals surface area contributed by atoms with Gasteiger partial charge >= 0.3 is 5.97 Å². The standard InChI is InChI=1S/C22H25N3O3/c1-14(20(26)22-9-15-6-16(10-22)8-17(7-15)11-22)28-21(27)18-2-4-19(5-3-18)25-13-23-12-24-25/h2-5,12-17H,6-11H2,1H3/t14-,15?,16?,17?,22?/m1/s1. The van der Waals surface area contributed by atoms with Crippen LogP contribution in [0.4, 0.5) is 0 Å². The van der Waals surface area contributed by atoms with Crippen molar-refractivity contribution < 1.29 is 14.3 Å². The smallest absolute Gasteiger partial charge is 0.338 e. The van der Waals surface area contributed by atoms with Gasteiger partial charge in [0.25, 0.3) is 0 Å². The Morgan fingerprint density at radius 3 is 2.21 bits per heavy atom. The number of nitrogens with zero attached hydrogens (tertiary/aromatic N) is 3. The number of aromatic nitrogens is 3. The van der Waals surface area contributed by atoms with Crippen LogP contribution in [0.3, 0.4) is 0 Å². The number of benzene rings is 1. The number of ketones is 1. The highest BCUT2D eigenvalue weighted by atomic mass is 16.5. The fourth-order valence-corrected chi connectivity index (χ4v) is 6.22. The molecule has 0 spiro atoms. The van der Waals surface area contributed by atoms with Crippen LogP contribution in [0.1, 0.15) is 55.8 Å². The lowest BCUT2D eigenvalue weighted by Gasteiger charge is -2.56. The summed E-state index contributed by atoms with van der Waals surface area (Å²) in [6.07, 6.45) is 9.21. The van der Waals surface area contributed by atoms with E-state index >= 15 is 0 Å². The third-order valence-electron chi connectivity index (χ3n) is 7.00. The third-order valence-corrected chi connectivity index (χ3v) is 7.00. The van der Waals surface area contributed by atoms with Crippen LogP contribution in [0.25, 0.3) is 5.69 Å². The Balaban J connectivity index is 1.27. The average molecular weight is 379 g/mol. The van der Waals surface area contributed by atoms with E-state index in [1.807, 2.05) is 0 Å². The zero-order valence-corrected chi connectivity index (χ0v) is 16.1. The summed E-state index contributed by atoms with van der Waals surface area (Å²) in [5.74, 6) is 1.78. The van der Waals surface area contributed by atoms with Crippen LogP contribution in [0.15, 0.2) is 36.9 Å². The van der Waals surface area contributed by atoms with Gasteiger partial charge in [0.15, 0.2) is 11.9 Å². The second-order valence-corrected chi connectivity index (χ2v) is 9.00. The molecule has 1 aromatic carbocycles. The average Bonchev–Trinajstić information content (AvgIpc) is 3.21. The van der Waals surface area contributed by atoms with E-state index < -0.39 is 12.1 Å². The molecule has 6 rings (SSSR count). The largest absolute Gasteiger partial charge is 0.451 e. The molecular formula is C22H25N3O3. The first-order valence-corrected chi connectivity index (χ1v) is 10.2. The van der Waals surface area contributed by atoms with Gasteiger partial charge in [-0.05, 0) is 87.5 Å². The van der Waals surface area contributed by atoms with Crippen molar-refractivity contribution in [1.29, 1.82) is 0 Å². The topological polar surface area (TPSA) is 74.1 Å². The van der Waals surface area contributed by atoms with Crippen molar-refractivity contribution in [3.63, 3.8) is 0 Å². The van der Waals surface area contributed by atoms with Crippen LogP contribution in [0, 0.1) is 23.2 Å². The first-order valence-electron chi connectivity index (χ1n) is 10.2. The molecule has 28 heavy (non-hydrogen) atoms. The second kappa shape index (κ2) is 6.54. The zero-order chi connectivity index (χ0) is 19.3. The number of ether oxygens (including phenoxy) is 1. The molecule has 4 fully saturated rings. The fourth-order valence-electron chi connectivity index (χ4n) is 6.22. The normalized spacial score (nSPS) is 31.5. The Morgan fingerprint density at radius 1 is 1.07 bits per heavy atom. The van der Waals surface area contributed by atoms with Gasteiger partial charge in [-0.1, -0.05) is 0 Å². The molecule has 4 bridgehead atoms. The summed E-state index contributed by atoms with van der Waals surface area (Å²) >= 11 is 0. The molecule has 1 aromatic heterocycles. The molecule has 0 radical (unpaired) electrons. The number of carbonyl (C=O) groups is 2. The number of rotatable bonds is 5. The van der Waals surface area contributed by atoms with E-state index in [9.17, 15) is 9.59 Å². The molecule has 6 nitrogen and oxygen atoms in total. The quantitative estimate of drug-likeness (QED) is 0.742. The molecule has 4 aliphatic carbocycles. The van der Waals surface area contributed by atoms with Gasteiger partial charge < -0.3 is 4.74 Å². The predicted octanol–water partition coefficient (Wildman–Crippen LogP) is 3.60. The Morgan fingerprint density at radius 2 is 1.68 bits per heavy atom. The molecule has 0 saturated heterocycles. The van der Waals surface area contributed by atoms with Crippen molar-refractivity contribution in [3.8, 4) is 5.69 Å². The highest BCUT2D eigenvalue weighted by Crippen LogP contribution is 2.60. The Bertz CT molecular complexity index is 853. The van der Waals surface area contributed by atoms with Crippen molar-refractivity contribution in [2.75, 3.05) is 0 Å². The molecule has 1 heterocycles. The minimum atomic E-state index is -0.696. The van der Waals surface area contributed by atoms with E-state index in [0.29, 0.717) is 23.3 Å². The van der Waals surface area contributed by atoms with Gasteiger partial charge in [-0.15, -0.1) is 0 Å². The van der Waals surface area contributed by atoms with Crippen molar-refractivity contribution >= 4 is 11.8 Å². The maximum absolute atomic E-state index is 13.3. The van der Waals surface area contributed by atoms with E-state index in [1.54, 1.807) is 42.2 Å². The van der Waals surface area contributed by atoms with Crippen LogP contribution in [-0.2, 0) is 9.53 Å². The monoisotopic (exact) mass is 379 g/mol. The lowest BCUT2D eigenvalue weighted by molar-refractivity contribution is -0.152. The number of hydrogen-bond acceptors (Lipinski definition) is 5. The number of hydrogen-bond donors (Lipinski definition) is 0. The predicted molar refractivity (Wildman–Crippen MR) is 102 cm³/mol. The van der Waals surface area contributed by atoms with Crippen LogP contribution in [0.2, 0.25) is 0 Å². The van der Waals surface area contributed by atoms with Gasteiger partial charge in [-0.2, -0.15) is 5.10 Å². The zero-order valence-electron chi connectivity index (χ0n) is 16.1. The highest BCUT2D eigenvalue weighted by Gasteiger charge is 2.55. The molecule has 0 aliphatic heterocycles. The Kier molecular flexibility index (Phi) is 4.11. The second-order valence-electron chi connectivity index (χ2n) is 9.00. The summed E-state index contributed by atoms with van der Waals surface area (Å²) in [7, 11) is 0. The molecule has 4 saturated carbocycles. The van der Waals surface area contributed by atoms with E-state index in [-0.39, 0.29) is 11.2 Å². The van der Waals surface area contributed by atoms with Crippen molar-refractivity contribution in [2.45, 2.75) is 51.6 Å². The van der Waals surface area contributed by atoms with Crippen LogP contribution in [-0.4, -0.2) is 32.6 Å². The molecule has 6 heteroatoms. The number of Topliss-reactive ketones (excluding diaryl/α,β-unsaturated/α-hetero) is 1. The van der Waals surface area contributed by atoms with Crippen molar-refractivity contribution in [2.24, 2.45) is 23.2 Å². The minimum Gasteiger partial charge on any atom is -0.451 e. The summed E-state index contributed by atoms with van der Waals surface area (Å²) in [6.45, 7) is 1.74. The van der Waals surface area contributed by atoms with Crippen LogP contribution >= 0.6 is 0 Å². The summed E-state index contributed by atoms with van der Waals surface area (Å²) in [5, 5.41) is 4.07. The number of esters is 1. The summed E-state index contributed by atoms with van der Waals surface area (Å²) in [5.41, 5.74) is 1.01. The maximum atomic E-state index is 13.3.